The Hall–Kier alpha value is -0.380. The van der Waals surface area contributed by atoms with Crippen molar-refractivity contribution in [3.8, 4) is 0 Å². The molecule has 0 aromatic carbocycles. The van der Waals surface area contributed by atoms with Gasteiger partial charge in [0.05, 0.1) is 0 Å². The van der Waals surface area contributed by atoms with Gasteiger partial charge in [0, 0.05) is 30.1 Å². The van der Waals surface area contributed by atoms with Crippen LogP contribution >= 0.6 is 11.3 Å². The molecule has 2 rings (SSSR count). The van der Waals surface area contributed by atoms with Gasteiger partial charge in [-0.2, -0.15) is 0 Å². The first kappa shape index (κ1) is 13.1. The number of thiophene rings is 1. The van der Waals surface area contributed by atoms with Crippen LogP contribution in [0.5, 0.6) is 0 Å². The molecular formula is C14H24N2S. The average molecular weight is 252 g/mol. The average Bonchev–Trinajstić information content (AvgIpc) is 2.96. The van der Waals surface area contributed by atoms with Crippen LogP contribution in [-0.2, 0) is 6.54 Å². The molecule has 17 heavy (non-hydrogen) atoms. The minimum atomic E-state index is 0.329. The van der Waals surface area contributed by atoms with Crippen molar-refractivity contribution in [3.63, 3.8) is 0 Å². The van der Waals surface area contributed by atoms with Crippen molar-refractivity contribution in [3.05, 3.63) is 22.4 Å². The lowest BCUT2D eigenvalue weighted by atomic mass is 10.0. The summed E-state index contributed by atoms with van der Waals surface area (Å²) < 4.78 is 0. The fourth-order valence-corrected chi connectivity index (χ4v) is 3.10. The molecule has 0 spiro atoms. The topological polar surface area (TPSA) is 29.3 Å². The maximum Gasteiger partial charge on any atom is 0.0331 e. The van der Waals surface area contributed by atoms with Gasteiger partial charge in [-0.05, 0) is 36.6 Å². The molecule has 2 N–H and O–H groups in total. The zero-order valence-corrected chi connectivity index (χ0v) is 11.7. The molecule has 0 amide bonds. The van der Waals surface area contributed by atoms with Crippen LogP contribution in [0.1, 0.15) is 38.0 Å². The van der Waals surface area contributed by atoms with Gasteiger partial charge < -0.3 is 5.73 Å². The zero-order valence-electron chi connectivity index (χ0n) is 10.9. The first-order valence-corrected chi connectivity index (χ1v) is 7.55. The Bertz CT molecular complexity index is 317. The van der Waals surface area contributed by atoms with Crippen LogP contribution in [0.15, 0.2) is 17.5 Å². The lowest BCUT2D eigenvalue weighted by Gasteiger charge is -2.25. The molecule has 3 heteroatoms. The van der Waals surface area contributed by atoms with Crippen molar-refractivity contribution in [2.75, 3.05) is 6.54 Å². The SMILES string of the molecule is CC(C)CC(N)CN(Cc1cccs1)C1CC1. The lowest BCUT2D eigenvalue weighted by Crippen LogP contribution is -2.39. The summed E-state index contributed by atoms with van der Waals surface area (Å²) in [5.41, 5.74) is 6.23. The van der Waals surface area contributed by atoms with Gasteiger partial charge in [0.2, 0.25) is 0 Å². The Morgan fingerprint density at radius 1 is 1.47 bits per heavy atom. The molecule has 0 aliphatic heterocycles. The highest BCUT2D eigenvalue weighted by molar-refractivity contribution is 7.09. The molecule has 2 nitrogen and oxygen atoms in total. The molecule has 1 saturated carbocycles. The highest BCUT2D eigenvalue weighted by atomic mass is 32.1. The smallest absolute Gasteiger partial charge is 0.0331 e. The minimum absolute atomic E-state index is 0.329. The van der Waals surface area contributed by atoms with Crippen molar-refractivity contribution < 1.29 is 0 Å². The zero-order chi connectivity index (χ0) is 12.3. The van der Waals surface area contributed by atoms with Crippen molar-refractivity contribution in [1.82, 2.24) is 4.90 Å². The quantitative estimate of drug-likeness (QED) is 0.808. The van der Waals surface area contributed by atoms with Crippen molar-refractivity contribution in [2.45, 2.75) is 51.7 Å². The van der Waals surface area contributed by atoms with Gasteiger partial charge in [0.1, 0.15) is 0 Å². The second kappa shape index (κ2) is 5.98. The van der Waals surface area contributed by atoms with Crippen molar-refractivity contribution >= 4 is 11.3 Å². The minimum Gasteiger partial charge on any atom is -0.327 e. The molecule has 96 valence electrons. The van der Waals surface area contributed by atoms with E-state index in [9.17, 15) is 0 Å². The maximum absolute atomic E-state index is 6.23. The summed E-state index contributed by atoms with van der Waals surface area (Å²) >= 11 is 1.85. The number of hydrogen-bond acceptors (Lipinski definition) is 3. The summed E-state index contributed by atoms with van der Waals surface area (Å²) in [4.78, 5) is 4.05. The number of nitrogens with zero attached hydrogens (tertiary/aromatic N) is 1. The van der Waals surface area contributed by atoms with Crippen LogP contribution in [0.2, 0.25) is 0 Å². The summed E-state index contributed by atoms with van der Waals surface area (Å²) in [5, 5.41) is 2.16. The Morgan fingerprint density at radius 3 is 2.76 bits per heavy atom. The van der Waals surface area contributed by atoms with E-state index in [2.05, 4.69) is 36.3 Å². The summed E-state index contributed by atoms with van der Waals surface area (Å²) in [6.07, 6.45) is 3.85. The van der Waals surface area contributed by atoms with E-state index in [1.54, 1.807) is 0 Å². The molecule has 1 aromatic heterocycles. The largest absolute Gasteiger partial charge is 0.327 e. The third-order valence-electron chi connectivity index (χ3n) is 3.25. The molecule has 1 aromatic rings. The van der Waals surface area contributed by atoms with E-state index in [-0.39, 0.29) is 0 Å². The predicted molar refractivity (Wildman–Crippen MR) is 75.2 cm³/mol. The monoisotopic (exact) mass is 252 g/mol. The van der Waals surface area contributed by atoms with Gasteiger partial charge in [-0.15, -0.1) is 11.3 Å². The van der Waals surface area contributed by atoms with E-state index < -0.39 is 0 Å². The standard InChI is InChI=1S/C14H24N2S/c1-11(2)8-12(15)9-16(13-5-6-13)10-14-4-3-7-17-14/h3-4,7,11-13H,5-6,8-10,15H2,1-2H3. The highest BCUT2D eigenvalue weighted by Crippen LogP contribution is 2.29. The van der Waals surface area contributed by atoms with E-state index >= 15 is 0 Å². The van der Waals surface area contributed by atoms with Crippen molar-refractivity contribution in [1.29, 1.82) is 0 Å². The molecular weight excluding hydrogens is 228 g/mol. The summed E-state index contributed by atoms with van der Waals surface area (Å²) in [6.45, 7) is 6.65. The third kappa shape index (κ3) is 4.41. The van der Waals surface area contributed by atoms with Gasteiger partial charge in [-0.25, -0.2) is 0 Å². The molecule has 0 radical (unpaired) electrons. The van der Waals surface area contributed by atoms with E-state index in [1.165, 1.54) is 17.7 Å². The Balaban J connectivity index is 1.84. The van der Waals surface area contributed by atoms with Gasteiger partial charge in [0.15, 0.2) is 0 Å². The second-order valence-electron chi connectivity index (χ2n) is 5.63. The van der Waals surface area contributed by atoms with Crippen LogP contribution in [-0.4, -0.2) is 23.5 Å². The molecule has 1 atom stereocenters. The predicted octanol–water partition coefficient (Wildman–Crippen LogP) is 3.09. The Kier molecular flexibility index (Phi) is 4.60. The van der Waals surface area contributed by atoms with Gasteiger partial charge in [-0.1, -0.05) is 19.9 Å². The fourth-order valence-electron chi connectivity index (χ4n) is 2.37. The second-order valence-corrected chi connectivity index (χ2v) is 6.66. The Morgan fingerprint density at radius 2 is 2.24 bits per heavy atom. The Labute approximate surface area is 109 Å². The molecule has 1 unspecified atom stereocenters. The highest BCUT2D eigenvalue weighted by Gasteiger charge is 2.30. The first-order chi connectivity index (χ1) is 8.15. The van der Waals surface area contributed by atoms with Crippen LogP contribution < -0.4 is 5.73 Å². The summed E-state index contributed by atoms with van der Waals surface area (Å²) in [5.74, 6) is 0.702. The van der Waals surface area contributed by atoms with Crippen LogP contribution in [0.3, 0.4) is 0 Å². The first-order valence-electron chi connectivity index (χ1n) is 6.67. The van der Waals surface area contributed by atoms with E-state index in [0.717, 1.165) is 25.6 Å². The molecule has 1 aliphatic carbocycles. The normalized spacial score (nSPS) is 17.9. The summed E-state index contributed by atoms with van der Waals surface area (Å²) in [7, 11) is 0. The fraction of sp³-hybridized carbons (Fsp3) is 0.714. The molecule has 1 heterocycles. The maximum atomic E-state index is 6.23. The number of rotatable bonds is 7. The van der Waals surface area contributed by atoms with Crippen LogP contribution in [0, 0.1) is 5.92 Å². The van der Waals surface area contributed by atoms with Crippen LogP contribution in [0.25, 0.3) is 0 Å². The van der Waals surface area contributed by atoms with E-state index in [0.29, 0.717) is 12.0 Å². The molecule has 1 aliphatic rings. The van der Waals surface area contributed by atoms with Gasteiger partial charge >= 0.3 is 0 Å². The van der Waals surface area contributed by atoms with Gasteiger partial charge in [-0.3, -0.25) is 4.90 Å². The number of hydrogen-bond donors (Lipinski definition) is 1. The summed E-state index contributed by atoms with van der Waals surface area (Å²) in [6, 6.07) is 5.50. The number of nitrogens with two attached hydrogens (primary N) is 1. The van der Waals surface area contributed by atoms with E-state index in [4.69, 9.17) is 5.73 Å². The van der Waals surface area contributed by atoms with Crippen LogP contribution in [0.4, 0.5) is 0 Å². The third-order valence-corrected chi connectivity index (χ3v) is 4.11. The molecule has 0 saturated heterocycles. The van der Waals surface area contributed by atoms with Crippen molar-refractivity contribution in [2.24, 2.45) is 11.7 Å². The molecule has 1 fully saturated rings. The van der Waals surface area contributed by atoms with Gasteiger partial charge in [0.25, 0.3) is 0 Å². The molecule has 0 bridgehead atoms. The van der Waals surface area contributed by atoms with E-state index in [1.807, 2.05) is 11.3 Å². The lowest BCUT2D eigenvalue weighted by molar-refractivity contribution is 0.230.